The molecule has 8 heteroatoms. The van der Waals surface area contributed by atoms with E-state index in [1.54, 1.807) is 10.6 Å². The maximum atomic E-state index is 13.9. The fourth-order valence-electron chi connectivity index (χ4n) is 4.53. The van der Waals surface area contributed by atoms with E-state index in [0.717, 1.165) is 22.6 Å². The first-order valence-electron chi connectivity index (χ1n) is 10.7. The maximum Gasteiger partial charge on any atom is 0.265 e. The second-order valence-corrected chi connectivity index (χ2v) is 10.6. The van der Waals surface area contributed by atoms with Crippen LogP contribution in [0.1, 0.15) is 47.7 Å². The van der Waals surface area contributed by atoms with E-state index in [2.05, 4.69) is 24.0 Å². The Balaban J connectivity index is 1.75. The molecule has 3 aromatic heterocycles. The summed E-state index contributed by atoms with van der Waals surface area (Å²) in [6.07, 6.45) is 1.07. The number of halogens is 1. The van der Waals surface area contributed by atoms with Crippen molar-refractivity contribution in [3.63, 3.8) is 0 Å². The Morgan fingerprint density at radius 2 is 1.82 bits per heavy atom. The number of aromatic amines is 1. The first kappa shape index (κ1) is 21.8. The number of thiazole rings is 1. The number of hydrogen-bond donors (Lipinski definition) is 1. The van der Waals surface area contributed by atoms with Gasteiger partial charge in [-0.3, -0.25) is 19.3 Å². The molecule has 0 atom stereocenters. The molecule has 0 fully saturated rings. The monoisotopic (exact) mass is 478 g/mol. The lowest BCUT2D eigenvalue weighted by Crippen LogP contribution is -2.35. The van der Waals surface area contributed by atoms with Gasteiger partial charge in [0.2, 0.25) is 0 Å². The van der Waals surface area contributed by atoms with Gasteiger partial charge in [-0.2, -0.15) is 5.10 Å². The highest BCUT2D eigenvalue weighted by molar-refractivity contribution is 7.13. The van der Waals surface area contributed by atoms with Gasteiger partial charge in [-0.1, -0.05) is 37.6 Å². The number of H-pyrrole nitrogens is 1. The molecule has 1 N–H and O–H groups in total. The summed E-state index contributed by atoms with van der Waals surface area (Å²) < 4.78 is 1.68. The van der Waals surface area contributed by atoms with Crippen LogP contribution in [-0.4, -0.2) is 25.5 Å². The Bertz CT molecular complexity index is 1440. The highest BCUT2D eigenvalue weighted by atomic mass is 35.5. The van der Waals surface area contributed by atoms with Crippen LogP contribution in [0.5, 0.6) is 0 Å². The van der Waals surface area contributed by atoms with Crippen LogP contribution >= 0.6 is 22.9 Å². The number of aryl methyl sites for hydroxylation is 2. The molecule has 5 rings (SSSR count). The van der Waals surface area contributed by atoms with Crippen molar-refractivity contribution in [2.45, 2.75) is 40.5 Å². The third-order valence-electron chi connectivity index (χ3n) is 6.08. The summed E-state index contributed by atoms with van der Waals surface area (Å²) in [5.41, 5.74) is 5.22. The summed E-state index contributed by atoms with van der Waals surface area (Å²) in [5.74, 6) is 0.0459. The van der Waals surface area contributed by atoms with Crippen LogP contribution in [0.3, 0.4) is 0 Å². The van der Waals surface area contributed by atoms with E-state index < -0.39 is 0 Å². The van der Waals surface area contributed by atoms with E-state index in [1.165, 1.54) is 11.3 Å². The second kappa shape index (κ2) is 7.78. The molecule has 0 bridgehead atoms. The zero-order valence-electron chi connectivity index (χ0n) is 18.8. The molecule has 0 saturated carbocycles. The summed E-state index contributed by atoms with van der Waals surface area (Å²) in [5, 5.41) is 10.4. The van der Waals surface area contributed by atoms with Crippen molar-refractivity contribution >= 4 is 28.7 Å². The van der Waals surface area contributed by atoms with Gasteiger partial charge >= 0.3 is 0 Å². The molecule has 1 aromatic carbocycles. The zero-order valence-corrected chi connectivity index (χ0v) is 20.4. The van der Waals surface area contributed by atoms with Gasteiger partial charge in [-0.25, -0.2) is 4.98 Å². The molecule has 33 heavy (non-hydrogen) atoms. The van der Waals surface area contributed by atoms with E-state index >= 15 is 0 Å². The van der Waals surface area contributed by atoms with Gasteiger partial charge in [0.25, 0.3) is 5.56 Å². The van der Waals surface area contributed by atoms with Gasteiger partial charge in [-0.05, 0) is 43.9 Å². The topological polar surface area (TPSA) is 80.6 Å². The Morgan fingerprint density at radius 1 is 1.09 bits per heavy atom. The lowest BCUT2D eigenvalue weighted by molar-refractivity contribution is 0.0909. The molecule has 1 aliphatic rings. The highest BCUT2D eigenvalue weighted by Crippen LogP contribution is 2.37. The van der Waals surface area contributed by atoms with Gasteiger partial charge in [0.05, 0.1) is 28.3 Å². The molecule has 4 aromatic rings. The molecule has 168 valence electrons. The molecule has 6 nitrogen and oxygen atoms in total. The van der Waals surface area contributed by atoms with E-state index in [1.807, 2.05) is 43.5 Å². The minimum absolute atomic E-state index is 0.0459. The maximum absolute atomic E-state index is 13.9. The van der Waals surface area contributed by atoms with Gasteiger partial charge in [0.15, 0.2) is 5.78 Å². The van der Waals surface area contributed by atoms with E-state index in [-0.39, 0.29) is 16.8 Å². The van der Waals surface area contributed by atoms with Crippen LogP contribution < -0.4 is 5.56 Å². The van der Waals surface area contributed by atoms with Crippen molar-refractivity contribution < 1.29 is 4.79 Å². The van der Waals surface area contributed by atoms with E-state index in [9.17, 15) is 9.59 Å². The number of ketones is 1. The van der Waals surface area contributed by atoms with Crippen LogP contribution in [0.4, 0.5) is 0 Å². The number of carbonyl (C=O) groups is 1. The third-order valence-corrected chi connectivity index (χ3v) is 7.20. The van der Waals surface area contributed by atoms with Crippen LogP contribution in [-0.2, 0) is 6.42 Å². The molecule has 0 radical (unpaired) electrons. The number of benzene rings is 1. The zero-order chi connectivity index (χ0) is 23.5. The first-order valence-corrected chi connectivity index (χ1v) is 12.0. The minimum Gasteiger partial charge on any atom is -0.294 e. The van der Waals surface area contributed by atoms with Crippen LogP contribution in [0.2, 0.25) is 5.02 Å². The van der Waals surface area contributed by atoms with Crippen molar-refractivity contribution in [1.29, 1.82) is 0 Å². The largest absolute Gasteiger partial charge is 0.294 e. The Morgan fingerprint density at radius 3 is 2.48 bits per heavy atom. The smallest absolute Gasteiger partial charge is 0.265 e. The quantitative estimate of drug-likeness (QED) is 0.405. The SMILES string of the molecule is Cc1n[nH]c(C)c1-n1c2c(cc(-c3nc(-c4ccc(Cl)cc4)cs3)c1=O)C(=O)CC(C)(C)C2. The average Bonchev–Trinajstić information content (AvgIpc) is 3.35. The molecule has 0 unspecified atom stereocenters. The summed E-state index contributed by atoms with van der Waals surface area (Å²) in [7, 11) is 0. The summed E-state index contributed by atoms with van der Waals surface area (Å²) in [6.45, 7) is 7.87. The molecule has 0 saturated heterocycles. The third kappa shape index (κ3) is 3.75. The predicted octanol–water partition coefficient (Wildman–Crippen LogP) is 5.78. The van der Waals surface area contributed by atoms with Gasteiger partial charge in [-0.15, -0.1) is 11.3 Å². The van der Waals surface area contributed by atoms with Gasteiger partial charge < -0.3 is 0 Å². The lowest BCUT2D eigenvalue weighted by Gasteiger charge is -2.32. The predicted molar refractivity (Wildman–Crippen MR) is 132 cm³/mol. The van der Waals surface area contributed by atoms with Crippen LogP contribution in [0.25, 0.3) is 27.5 Å². The van der Waals surface area contributed by atoms with Crippen molar-refractivity contribution in [2.75, 3.05) is 0 Å². The number of nitrogens with zero attached hydrogens (tertiary/aromatic N) is 3. The van der Waals surface area contributed by atoms with Gasteiger partial charge in [0.1, 0.15) is 5.01 Å². The number of aromatic nitrogens is 4. The first-order chi connectivity index (χ1) is 15.6. The molecule has 0 spiro atoms. The van der Waals surface area contributed by atoms with E-state index in [4.69, 9.17) is 16.6 Å². The Kier molecular flexibility index (Phi) is 5.14. The Labute approximate surface area is 200 Å². The normalized spacial score (nSPS) is 15.0. The molecule has 0 amide bonds. The highest BCUT2D eigenvalue weighted by Gasteiger charge is 2.35. The number of rotatable bonds is 3. The summed E-state index contributed by atoms with van der Waals surface area (Å²) in [4.78, 5) is 31.8. The molecule has 1 aliphatic carbocycles. The Hall–Kier alpha value is -3.03. The van der Waals surface area contributed by atoms with Gasteiger partial charge in [0, 0.05) is 33.6 Å². The van der Waals surface area contributed by atoms with Crippen LogP contribution in [0, 0.1) is 19.3 Å². The number of pyridine rings is 1. The number of fused-ring (bicyclic) bond motifs is 1. The lowest BCUT2D eigenvalue weighted by atomic mass is 9.75. The van der Waals surface area contributed by atoms with Crippen molar-refractivity contribution in [3.05, 3.63) is 73.7 Å². The summed E-state index contributed by atoms with van der Waals surface area (Å²) >= 11 is 7.40. The van der Waals surface area contributed by atoms with Crippen molar-refractivity contribution in [1.82, 2.24) is 19.7 Å². The number of nitrogens with one attached hydrogen (secondary N) is 1. The standard InChI is InChI=1S/C25H23ClN4O2S/c1-13-22(14(2)29-28-13)30-20-10-25(3,4)11-21(31)17(20)9-18(24(30)32)23-27-19(12-33-23)15-5-7-16(26)8-6-15/h5-9,12H,10-11H2,1-4H3,(H,28,29). The van der Waals surface area contributed by atoms with E-state index in [0.29, 0.717) is 45.4 Å². The number of Topliss-reactive ketones (excluding diaryl/α,β-unsaturated/α-hetero) is 1. The van der Waals surface area contributed by atoms with Crippen molar-refractivity contribution in [3.8, 4) is 27.5 Å². The second-order valence-electron chi connectivity index (χ2n) is 9.33. The average molecular weight is 479 g/mol. The van der Waals surface area contributed by atoms with Crippen molar-refractivity contribution in [2.24, 2.45) is 5.41 Å². The summed E-state index contributed by atoms with van der Waals surface area (Å²) in [6, 6.07) is 9.16. The fourth-order valence-corrected chi connectivity index (χ4v) is 5.49. The minimum atomic E-state index is -0.228. The molecule has 0 aliphatic heterocycles. The molecular formula is C25H23ClN4O2S. The number of carbonyl (C=O) groups excluding carboxylic acids is 1. The number of hydrogen-bond acceptors (Lipinski definition) is 5. The molecule has 3 heterocycles. The fraction of sp³-hybridized carbons (Fsp3) is 0.280. The molecular weight excluding hydrogens is 456 g/mol. The van der Waals surface area contributed by atoms with Crippen LogP contribution in [0.15, 0.2) is 40.5 Å².